The van der Waals surface area contributed by atoms with Gasteiger partial charge in [0.1, 0.15) is 17.1 Å². The molecular weight excluding hydrogens is 235 g/mol. The minimum absolute atomic E-state index is 0.0812. The molecule has 0 saturated heterocycles. The molecule has 2 aromatic rings. The molecule has 0 heterocycles. The first-order valence-corrected chi connectivity index (χ1v) is 5.29. The fraction of sp³-hybridized carbons (Fsp3) is 0.0714. The van der Waals surface area contributed by atoms with Crippen LogP contribution in [0.2, 0.25) is 0 Å². The summed E-state index contributed by atoms with van der Waals surface area (Å²) in [4.78, 5) is 11.3. The minimum atomic E-state index is -0.613. The number of phenols is 1. The maximum absolute atomic E-state index is 13.1. The van der Waals surface area contributed by atoms with Crippen LogP contribution in [0, 0.1) is 5.82 Å². The Morgan fingerprint density at radius 1 is 1.17 bits per heavy atom. The number of halogens is 1. The summed E-state index contributed by atoms with van der Waals surface area (Å²) in [6, 6.07) is 10.5. The van der Waals surface area contributed by atoms with Crippen molar-refractivity contribution in [2.45, 2.75) is 0 Å². The highest BCUT2D eigenvalue weighted by Gasteiger charge is 2.12. The second-order valence-corrected chi connectivity index (χ2v) is 3.73. The lowest BCUT2D eigenvalue weighted by molar-refractivity contribution is 0.0597. The van der Waals surface area contributed by atoms with Gasteiger partial charge in [0.15, 0.2) is 0 Å². The highest BCUT2D eigenvalue weighted by atomic mass is 19.1. The van der Waals surface area contributed by atoms with Gasteiger partial charge in [0, 0.05) is 0 Å². The van der Waals surface area contributed by atoms with Crippen LogP contribution in [-0.2, 0) is 4.74 Å². The molecule has 0 amide bonds. The quantitative estimate of drug-likeness (QED) is 0.828. The molecule has 0 aliphatic carbocycles. The monoisotopic (exact) mass is 246 g/mol. The number of phenolic OH excluding ortho intramolecular Hbond substituents is 1. The molecule has 0 aliphatic rings. The van der Waals surface area contributed by atoms with Gasteiger partial charge >= 0.3 is 5.97 Å². The number of carbonyl (C=O) groups excluding carboxylic acids is 1. The molecule has 2 rings (SSSR count). The molecule has 0 spiro atoms. The van der Waals surface area contributed by atoms with Crippen molar-refractivity contribution in [2.75, 3.05) is 7.11 Å². The molecule has 0 aliphatic heterocycles. The van der Waals surface area contributed by atoms with Gasteiger partial charge in [0.05, 0.1) is 7.11 Å². The smallest absolute Gasteiger partial charge is 0.341 e. The third-order valence-electron chi connectivity index (χ3n) is 2.56. The van der Waals surface area contributed by atoms with Crippen molar-refractivity contribution >= 4 is 5.97 Å². The van der Waals surface area contributed by atoms with Gasteiger partial charge in [-0.25, -0.2) is 9.18 Å². The first kappa shape index (κ1) is 12.1. The van der Waals surface area contributed by atoms with Crippen LogP contribution in [0.1, 0.15) is 10.4 Å². The standard InChI is InChI=1S/C14H11FO3/c1-18-14(17)12-6-5-10(8-13(12)16)9-3-2-4-11(15)7-9/h2-8,16H,1H3. The van der Waals surface area contributed by atoms with E-state index >= 15 is 0 Å². The predicted molar refractivity (Wildman–Crippen MR) is 64.8 cm³/mol. The first-order valence-electron chi connectivity index (χ1n) is 5.29. The number of benzene rings is 2. The molecule has 3 nitrogen and oxygen atoms in total. The molecule has 0 radical (unpaired) electrons. The number of hydrogen-bond donors (Lipinski definition) is 1. The molecule has 0 bridgehead atoms. The van der Waals surface area contributed by atoms with Gasteiger partial charge in [-0.05, 0) is 35.4 Å². The summed E-state index contributed by atoms with van der Waals surface area (Å²) < 4.78 is 17.6. The zero-order valence-corrected chi connectivity index (χ0v) is 9.68. The summed E-state index contributed by atoms with van der Waals surface area (Å²) in [6.07, 6.45) is 0. The molecule has 0 fully saturated rings. The summed E-state index contributed by atoms with van der Waals surface area (Å²) >= 11 is 0. The van der Waals surface area contributed by atoms with E-state index in [9.17, 15) is 14.3 Å². The van der Waals surface area contributed by atoms with Gasteiger partial charge < -0.3 is 9.84 Å². The van der Waals surface area contributed by atoms with Crippen LogP contribution < -0.4 is 0 Å². The normalized spacial score (nSPS) is 10.1. The molecule has 18 heavy (non-hydrogen) atoms. The Morgan fingerprint density at radius 2 is 1.89 bits per heavy atom. The molecule has 0 aromatic heterocycles. The van der Waals surface area contributed by atoms with E-state index in [4.69, 9.17) is 0 Å². The molecule has 2 aromatic carbocycles. The Bertz CT molecular complexity index is 593. The SMILES string of the molecule is COC(=O)c1ccc(-c2cccc(F)c2)cc1O. The minimum Gasteiger partial charge on any atom is -0.507 e. The number of methoxy groups -OCH3 is 1. The summed E-state index contributed by atoms with van der Waals surface area (Å²) in [6.45, 7) is 0. The van der Waals surface area contributed by atoms with E-state index in [1.54, 1.807) is 18.2 Å². The van der Waals surface area contributed by atoms with Gasteiger partial charge in [-0.15, -0.1) is 0 Å². The second kappa shape index (κ2) is 4.87. The van der Waals surface area contributed by atoms with Crippen LogP contribution in [0.5, 0.6) is 5.75 Å². The third kappa shape index (κ3) is 2.32. The number of esters is 1. The van der Waals surface area contributed by atoms with Crippen LogP contribution in [0.15, 0.2) is 42.5 Å². The lowest BCUT2D eigenvalue weighted by Crippen LogP contribution is -2.01. The zero-order chi connectivity index (χ0) is 13.1. The number of rotatable bonds is 2. The summed E-state index contributed by atoms with van der Waals surface area (Å²) in [5.74, 6) is -1.16. The van der Waals surface area contributed by atoms with Crippen molar-refractivity contribution in [2.24, 2.45) is 0 Å². The Kier molecular flexibility index (Phi) is 3.28. The molecule has 0 atom stereocenters. The van der Waals surface area contributed by atoms with E-state index in [1.807, 2.05) is 0 Å². The van der Waals surface area contributed by atoms with Crippen LogP contribution in [-0.4, -0.2) is 18.2 Å². The first-order chi connectivity index (χ1) is 8.61. The van der Waals surface area contributed by atoms with Crippen molar-refractivity contribution in [3.8, 4) is 16.9 Å². The largest absolute Gasteiger partial charge is 0.507 e. The lowest BCUT2D eigenvalue weighted by Gasteiger charge is -2.06. The van der Waals surface area contributed by atoms with Crippen LogP contribution in [0.4, 0.5) is 4.39 Å². The number of aromatic hydroxyl groups is 1. The summed E-state index contributed by atoms with van der Waals surface area (Å²) in [5.41, 5.74) is 1.33. The van der Waals surface area contributed by atoms with E-state index in [-0.39, 0.29) is 17.1 Å². The van der Waals surface area contributed by atoms with Gasteiger partial charge in [-0.3, -0.25) is 0 Å². The van der Waals surface area contributed by atoms with Crippen LogP contribution in [0.25, 0.3) is 11.1 Å². The second-order valence-electron chi connectivity index (χ2n) is 3.73. The van der Waals surface area contributed by atoms with Crippen molar-refractivity contribution in [1.82, 2.24) is 0 Å². The zero-order valence-electron chi connectivity index (χ0n) is 9.68. The average molecular weight is 246 g/mol. The number of hydrogen-bond acceptors (Lipinski definition) is 3. The summed E-state index contributed by atoms with van der Waals surface area (Å²) in [5, 5.41) is 9.73. The van der Waals surface area contributed by atoms with Gasteiger partial charge in [-0.2, -0.15) is 0 Å². The third-order valence-corrected chi connectivity index (χ3v) is 2.56. The van der Waals surface area contributed by atoms with Gasteiger partial charge in [-0.1, -0.05) is 18.2 Å². The van der Waals surface area contributed by atoms with E-state index in [0.29, 0.717) is 11.1 Å². The maximum atomic E-state index is 13.1. The van der Waals surface area contributed by atoms with Crippen molar-refractivity contribution in [3.63, 3.8) is 0 Å². The average Bonchev–Trinajstić information content (AvgIpc) is 2.37. The predicted octanol–water partition coefficient (Wildman–Crippen LogP) is 2.98. The highest BCUT2D eigenvalue weighted by molar-refractivity contribution is 5.93. The topological polar surface area (TPSA) is 46.5 Å². The Balaban J connectivity index is 2.43. The molecule has 4 heteroatoms. The fourth-order valence-electron chi connectivity index (χ4n) is 1.66. The maximum Gasteiger partial charge on any atom is 0.341 e. The van der Waals surface area contributed by atoms with Gasteiger partial charge in [0.25, 0.3) is 0 Å². The number of ether oxygens (including phenoxy) is 1. The molecule has 0 saturated carbocycles. The molecule has 0 unspecified atom stereocenters. The Hall–Kier alpha value is -2.36. The van der Waals surface area contributed by atoms with Crippen LogP contribution in [0.3, 0.4) is 0 Å². The van der Waals surface area contributed by atoms with E-state index < -0.39 is 5.97 Å². The molecular formula is C14H11FO3. The van der Waals surface area contributed by atoms with E-state index in [1.165, 1.54) is 31.4 Å². The Labute approximate surface area is 103 Å². The lowest BCUT2D eigenvalue weighted by atomic mass is 10.0. The van der Waals surface area contributed by atoms with E-state index in [2.05, 4.69) is 4.74 Å². The Morgan fingerprint density at radius 3 is 2.50 bits per heavy atom. The van der Waals surface area contributed by atoms with Crippen LogP contribution >= 0.6 is 0 Å². The highest BCUT2D eigenvalue weighted by Crippen LogP contribution is 2.27. The molecule has 92 valence electrons. The van der Waals surface area contributed by atoms with Crippen molar-refractivity contribution in [3.05, 3.63) is 53.8 Å². The van der Waals surface area contributed by atoms with Crippen molar-refractivity contribution < 1.29 is 19.0 Å². The fourth-order valence-corrected chi connectivity index (χ4v) is 1.66. The summed E-state index contributed by atoms with van der Waals surface area (Å²) in [7, 11) is 1.24. The number of carbonyl (C=O) groups is 1. The van der Waals surface area contributed by atoms with E-state index in [0.717, 1.165) is 0 Å². The molecule has 1 N–H and O–H groups in total. The van der Waals surface area contributed by atoms with Gasteiger partial charge in [0.2, 0.25) is 0 Å². The van der Waals surface area contributed by atoms with Crippen molar-refractivity contribution in [1.29, 1.82) is 0 Å².